The van der Waals surface area contributed by atoms with Crippen molar-refractivity contribution in [3.63, 3.8) is 0 Å². The molecule has 0 unspecified atom stereocenters. The zero-order valence-electron chi connectivity index (χ0n) is 15.6. The molecule has 0 fully saturated rings. The predicted octanol–water partition coefficient (Wildman–Crippen LogP) is 6.01. The molecule has 0 radical (unpaired) electrons. The van der Waals surface area contributed by atoms with Gasteiger partial charge in [-0.15, -0.1) is 11.3 Å². The standard InChI is InChI=1S/C22H26N2OS/c1-3-5-13-24(14-6-4-2)22(25)18-16-20(21-12-9-15-26-21)23-19-11-8-7-10-17(18)19/h7-12,15-16H,3-6,13-14H2,1-2H3. The molecule has 3 aromatic rings. The van der Waals surface area contributed by atoms with E-state index < -0.39 is 0 Å². The minimum atomic E-state index is 0.128. The smallest absolute Gasteiger partial charge is 0.254 e. The Bertz CT molecular complexity index is 850. The molecule has 0 atom stereocenters. The maximum absolute atomic E-state index is 13.4. The maximum Gasteiger partial charge on any atom is 0.254 e. The lowest BCUT2D eigenvalue weighted by molar-refractivity contribution is 0.0753. The van der Waals surface area contributed by atoms with Crippen LogP contribution in [0.5, 0.6) is 0 Å². The zero-order valence-corrected chi connectivity index (χ0v) is 16.4. The van der Waals surface area contributed by atoms with E-state index in [0.717, 1.165) is 65.8 Å². The third kappa shape index (κ3) is 4.13. The van der Waals surface area contributed by atoms with Crippen LogP contribution in [0.4, 0.5) is 0 Å². The number of rotatable bonds is 8. The molecule has 0 aliphatic heterocycles. The number of fused-ring (bicyclic) bond motifs is 1. The lowest BCUT2D eigenvalue weighted by atomic mass is 10.1. The van der Waals surface area contributed by atoms with Gasteiger partial charge >= 0.3 is 0 Å². The van der Waals surface area contributed by atoms with Crippen LogP contribution in [0.3, 0.4) is 0 Å². The van der Waals surface area contributed by atoms with E-state index in [1.165, 1.54) is 0 Å². The molecule has 3 rings (SSSR count). The summed E-state index contributed by atoms with van der Waals surface area (Å²) in [7, 11) is 0. The highest BCUT2D eigenvalue weighted by atomic mass is 32.1. The number of benzene rings is 1. The molecular weight excluding hydrogens is 340 g/mol. The van der Waals surface area contributed by atoms with Crippen LogP contribution in [0.25, 0.3) is 21.5 Å². The predicted molar refractivity (Wildman–Crippen MR) is 111 cm³/mol. The van der Waals surface area contributed by atoms with Gasteiger partial charge in [0.15, 0.2) is 0 Å². The van der Waals surface area contributed by atoms with Crippen molar-refractivity contribution in [2.24, 2.45) is 0 Å². The van der Waals surface area contributed by atoms with Crippen molar-refractivity contribution in [1.82, 2.24) is 9.88 Å². The van der Waals surface area contributed by atoms with E-state index in [1.54, 1.807) is 11.3 Å². The number of unbranched alkanes of at least 4 members (excludes halogenated alkanes) is 2. The van der Waals surface area contributed by atoms with Gasteiger partial charge in [0.1, 0.15) is 0 Å². The molecule has 1 amide bonds. The van der Waals surface area contributed by atoms with Crippen LogP contribution in [0.15, 0.2) is 47.8 Å². The fourth-order valence-electron chi connectivity index (χ4n) is 3.09. The van der Waals surface area contributed by atoms with Gasteiger partial charge in [-0.3, -0.25) is 4.79 Å². The van der Waals surface area contributed by atoms with Crippen molar-refractivity contribution >= 4 is 28.1 Å². The molecule has 0 saturated heterocycles. The molecule has 3 nitrogen and oxygen atoms in total. The van der Waals surface area contributed by atoms with Crippen molar-refractivity contribution in [2.75, 3.05) is 13.1 Å². The third-order valence-corrected chi connectivity index (χ3v) is 5.46. The summed E-state index contributed by atoms with van der Waals surface area (Å²) in [6.07, 6.45) is 4.26. The van der Waals surface area contributed by atoms with Gasteiger partial charge in [0.2, 0.25) is 0 Å². The number of carbonyl (C=O) groups is 1. The lowest BCUT2D eigenvalue weighted by Gasteiger charge is -2.23. The highest BCUT2D eigenvalue weighted by Crippen LogP contribution is 2.28. The summed E-state index contributed by atoms with van der Waals surface area (Å²) in [5, 5.41) is 2.98. The first-order chi connectivity index (χ1) is 12.7. The first-order valence-corrected chi connectivity index (χ1v) is 10.4. The molecule has 26 heavy (non-hydrogen) atoms. The first-order valence-electron chi connectivity index (χ1n) is 9.47. The van der Waals surface area contributed by atoms with E-state index >= 15 is 0 Å². The molecule has 0 spiro atoms. The van der Waals surface area contributed by atoms with Crippen molar-refractivity contribution in [3.8, 4) is 10.6 Å². The Hall–Kier alpha value is -2.20. The van der Waals surface area contributed by atoms with Gasteiger partial charge in [0, 0.05) is 18.5 Å². The second-order valence-corrected chi connectivity index (χ2v) is 7.50. The summed E-state index contributed by atoms with van der Waals surface area (Å²) in [4.78, 5) is 21.3. The number of thiophene rings is 1. The molecule has 2 aromatic heterocycles. The number of amides is 1. The van der Waals surface area contributed by atoms with Gasteiger partial charge in [0.05, 0.1) is 21.7 Å². The summed E-state index contributed by atoms with van der Waals surface area (Å²) in [5.74, 6) is 0.128. The Morgan fingerprint density at radius 2 is 1.77 bits per heavy atom. The lowest BCUT2D eigenvalue weighted by Crippen LogP contribution is -2.33. The molecular formula is C22H26N2OS. The Morgan fingerprint density at radius 1 is 1.04 bits per heavy atom. The van der Waals surface area contributed by atoms with Crippen molar-refractivity contribution in [2.45, 2.75) is 39.5 Å². The van der Waals surface area contributed by atoms with E-state index in [2.05, 4.69) is 19.9 Å². The van der Waals surface area contributed by atoms with Crippen LogP contribution in [0, 0.1) is 0 Å². The van der Waals surface area contributed by atoms with Crippen LogP contribution in [0.1, 0.15) is 49.9 Å². The number of nitrogens with zero attached hydrogens (tertiary/aromatic N) is 2. The number of hydrogen-bond acceptors (Lipinski definition) is 3. The van der Waals surface area contributed by atoms with E-state index in [-0.39, 0.29) is 5.91 Å². The summed E-state index contributed by atoms with van der Waals surface area (Å²) in [6, 6.07) is 14.0. The molecule has 0 bridgehead atoms. The van der Waals surface area contributed by atoms with Crippen molar-refractivity contribution in [3.05, 3.63) is 53.4 Å². The molecule has 0 N–H and O–H groups in total. The maximum atomic E-state index is 13.4. The van der Waals surface area contributed by atoms with Gasteiger partial charge in [0.25, 0.3) is 5.91 Å². The van der Waals surface area contributed by atoms with Crippen molar-refractivity contribution < 1.29 is 4.79 Å². The molecule has 1 aromatic carbocycles. The first kappa shape index (κ1) is 18.6. The van der Waals surface area contributed by atoms with Gasteiger partial charge in [-0.2, -0.15) is 0 Å². The van der Waals surface area contributed by atoms with Gasteiger partial charge < -0.3 is 4.90 Å². The Balaban J connectivity index is 2.04. The van der Waals surface area contributed by atoms with Crippen LogP contribution in [-0.4, -0.2) is 28.9 Å². The van der Waals surface area contributed by atoms with Crippen LogP contribution in [0.2, 0.25) is 0 Å². The van der Waals surface area contributed by atoms with E-state index in [9.17, 15) is 4.79 Å². The van der Waals surface area contributed by atoms with E-state index in [1.807, 2.05) is 46.7 Å². The van der Waals surface area contributed by atoms with Gasteiger partial charge in [-0.1, -0.05) is 51.0 Å². The number of hydrogen-bond donors (Lipinski definition) is 0. The molecule has 2 heterocycles. The zero-order chi connectivity index (χ0) is 18.4. The van der Waals surface area contributed by atoms with E-state index in [4.69, 9.17) is 4.98 Å². The van der Waals surface area contributed by atoms with Crippen LogP contribution >= 0.6 is 11.3 Å². The topological polar surface area (TPSA) is 33.2 Å². The highest BCUT2D eigenvalue weighted by Gasteiger charge is 2.19. The fourth-order valence-corrected chi connectivity index (χ4v) is 3.77. The minimum absolute atomic E-state index is 0.128. The van der Waals surface area contributed by atoms with E-state index in [0.29, 0.717) is 0 Å². The fraction of sp³-hybridized carbons (Fsp3) is 0.364. The summed E-state index contributed by atoms with van der Waals surface area (Å²) >= 11 is 1.65. The van der Waals surface area contributed by atoms with Crippen LogP contribution in [-0.2, 0) is 0 Å². The largest absolute Gasteiger partial charge is 0.339 e. The Labute approximate surface area is 159 Å². The normalized spacial score (nSPS) is 11.0. The average molecular weight is 367 g/mol. The molecule has 0 saturated carbocycles. The number of para-hydroxylation sites is 1. The quantitative estimate of drug-likeness (QED) is 0.489. The second-order valence-electron chi connectivity index (χ2n) is 6.55. The monoisotopic (exact) mass is 366 g/mol. The highest BCUT2D eigenvalue weighted by molar-refractivity contribution is 7.13. The van der Waals surface area contributed by atoms with Crippen molar-refractivity contribution in [1.29, 1.82) is 0 Å². The molecule has 136 valence electrons. The molecule has 0 aliphatic rings. The summed E-state index contributed by atoms with van der Waals surface area (Å²) in [6.45, 7) is 5.97. The number of pyridine rings is 1. The van der Waals surface area contributed by atoms with Gasteiger partial charge in [-0.25, -0.2) is 4.98 Å². The number of aromatic nitrogens is 1. The molecule has 0 aliphatic carbocycles. The number of carbonyl (C=O) groups excluding carboxylic acids is 1. The molecule has 4 heteroatoms. The van der Waals surface area contributed by atoms with Crippen LogP contribution < -0.4 is 0 Å². The summed E-state index contributed by atoms with van der Waals surface area (Å²) < 4.78 is 0. The second kappa shape index (κ2) is 8.95. The Kier molecular flexibility index (Phi) is 6.40. The minimum Gasteiger partial charge on any atom is -0.339 e. The average Bonchev–Trinajstić information content (AvgIpc) is 3.21. The SMILES string of the molecule is CCCCN(CCCC)C(=O)c1cc(-c2cccs2)nc2ccccc12. The van der Waals surface area contributed by atoms with Gasteiger partial charge in [-0.05, 0) is 36.4 Å². The summed E-state index contributed by atoms with van der Waals surface area (Å²) in [5.41, 5.74) is 2.53. The third-order valence-electron chi connectivity index (χ3n) is 4.57. The Morgan fingerprint density at radius 3 is 2.42 bits per heavy atom.